The molecule has 0 unspecified atom stereocenters. The Balaban J connectivity index is 1.50. The molecule has 0 radical (unpaired) electrons. The van der Waals surface area contributed by atoms with E-state index in [0.29, 0.717) is 0 Å². The van der Waals surface area contributed by atoms with Crippen molar-refractivity contribution < 1.29 is 0 Å². The lowest BCUT2D eigenvalue weighted by molar-refractivity contribution is 0.740. The van der Waals surface area contributed by atoms with Crippen LogP contribution in [0, 0.1) is 0 Å². The maximum absolute atomic E-state index is 5.45. The van der Waals surface area contributed by atoms with Gasteiger partial charge in [0.2, 0.25) is 0 Å². The molecule has 0 saturated carbocycles. The number of nitrogens with zero attached hydrogens (tertiary/aromatic N) is 2. The molecule has 0 heterocycles. The molecule has 6 rings (SSSR count). The van der Waals surface area contributed by atoms with Crippen molar-refractivity contribution >= 4 is 70.4 Å². The Morgan fingerprint density at radius 2 is 0.875 bits per heavy atom. The van der Waals surface area contributed by atoms with Gasteiger partial charge in [0, 0.05) is 33.3 Å². The highest BCUT2D eigenvalue weighted by Gasteiger charge is 2.23. The summed E-state index contributed by atoms with van der Waals surface area (Å²) < 4.78 is 0. The fourth-order valence-corrected chi connectivity index (χ4v) is 10.2. The van der Waals surface area contributed by atoms with Crippen LogP contribution in [0.3, 0.4) is 0 Å². The smallest absolute Gasteiger partial charge is 0.134 e. The third-order valence-electron chi connectivity index (χ3n) is 7.62. The van der Waals surface area contributed by atoms with Gasteiger partial charge < -0.3 is 10.6 Å². The van der Waals surface area contributed by atoms with E-state index in [1.54, 1.807) is 0 Å². The average Bonchev–Trinajstić information content (AvgIpc) is 3.10. The minimum Gasteiger partial charge on any atom is -0.367 e. The molecule has 6 aromatic rings. The first-order chi connectivity index (χ1) is 23.5. The molecule has 0 fully saturated rings. The van der Waals surface area contributed by atoms with Crippen LogP contribution in [0.2, 0.25) is 0 Å². The summed E-state index contributed by atoms with van der Waals surface area (Å²) in [6.07, 6.45) is 0. The number of benzene rings is 6. The van der Waals surface area contributed by atoms with Crippen LogP contribution in [0.5, 0.6) is 0 Å². The summed E-state index contributed by atoms with van der Waals surface area (Å²) in [6, 6.07) is 56.2. The number of hydrogen-bond donors (Lipinski definition) is 2. The maximum Gasteiger partial charge on any atom is 0.134 e. The van der Waals surface area contributed by atoms with E-state index < -0.39 is 15.8 Å². The van der Waals surface area contributed by atoms with E-state index in [1.807, 2.05) is 0 Å². The Kier molecular flexibility index (Phi) is 11.1. The van der Waals surface area contributed by atoms with Crippen molar-refractivity contribution in [1.29, 1.82) is 0 Å². The summed E-state index contributed by atoms with van der Waals surface area (Å²) in [5, 5.41) is 14.7. The standard InChI is InChI=1S/C42H42N4P2/c1-31(2)43-41(47(35-19-9-5-10-20-35)36-21-11-6-12-22-36)45-34-29-28-33-18-17-27-40(39(33)30-34)46-42(44-32(3)4)48(37-23-13-7-14-24-37)38-25-15-8-16-26-38/h5-32H,1-4H3,(H,43,45)(H,44,46). The second kappa shape index (κ2) is 16.0. The van der Waals surface area contributed by atoms with Gasteiger partial charge in [-0.05, 0) is 72.5 Å². The molecule has 0 bridgehead atoms. The fourth-order valence-electron chi connectivity index (χ4n) is 5.55. The Hall–Kier alpha value is -4.62. The van der Waals surface area contributed by atoms with Gasteiger partial charge in [-0.2, -0.15) is 0 Å². The molecular formula is C42H42N4P2. The highest BCUT2D eigenvalue weighted by Crippen LogP contribution is 2.40. The Morgan fingerprint density at radius 1 is 0.458 bits per heavy atom. The molecule has 0 amide bonds. The van der Waals surface area contributed by atoms with Gasteiger partial charge in [0.05, 0.1) is 11.4 Å². The van der Waals surface area contributed by atoms with Crippen molar-refractivity contribution in [2.24, 2.45) is 9.98 Å². The molecule has 0 aliphatic rings. The molecule has 48 heavy (non-hydrogen) atoms. The Morgan fingerprint density at radius 3 is 1.29 bits per heavy atom. The van der Waals surface area contributed by atoms with E-state index in [2.05, 4.69) is 196 Å². The lowest BCUT2D eigenvalue weighted by Crippen LogP contribution is -2.34. The highest BCUT2D eigenvalue weighted by atomic mass is 31.1. The summed E-state index contributed by atoms with van der Waals surface area (Å²) in [7, 11) is -1.82. The minimum atomic E-state index is -0.914. The molecule has 2 N–H and O–H groups in total. The third kappa shape index (κ3) is 8.26. The van der Waals surface area contributed by atoms with Gasteiger partial charge in [-0.1, -0.05) is 140 Å². The monoisotopic (exact) mass is 664 g/mol. The van der Waals surface area contributed by atoms with Gasteiger partial charge >= 0.3 is 0 Å². The van der Waals surface area contributed by atoms with Crippen LogP contribution in [-0.2, 0) is 0 Å². The summed E-state index contributed by atoms with van der Waals surface area (Å²) in [6.45, 7) is 8.70. The van der Waals surface area contributed by atoms with Gasteiger partial charge in [0.15, 0.2) is 0 Å². The van der Waals surface area contributed by atoms with E-state index in [-0.39, 0.29) is 12.1 Å². The molecule has 240 valence electrons. The molecule has 6 heteroatoms. The first kappa shape index (κ1) is 33.3. The van der Waals surface area contributed by atoms with Crippen LogP contribution < -0.4 is 31.9 Å². The van der Waals surface area contributed by atoms with E-state index >= 15 is 0 Å². The Bertz CT molecular complexity index is 1900. The van der Waals surface area contributed by atoms with Crippen LogP contribution >= 0.6 is 15.8 Å². The molecule has 0 aliphatic heterocycles. The summed E-state index contributed by atoms with van der Waals surface area (Å²) in [5.41, 5.74) is 3.80. The topological polar surface area (TPSA) is 48.8 Å². The zero-order chi connectivity index (χ0) is 33.3. The van der Waals surface area contributed by atoms with E-state index in [4.69, 9.17) is 9.98 Å². The molecule has 0 spiro atoms. The first-order valence-electron chi connectivity index (χ1n) is 16.5. The third-order valence-corrected chi connectivity index (χ3v) is 12.2. The van der Waals surface area contributed by atoms with Crippen LogP contribution in [0.1, 0.15) is 27.7 Å². The van der Waals surface area contributed by atoms with Crippen molar-refractivity contribution in [3.8, 4) is 0 Å². The second-order valence-corrected chi connectivity index (χ2v) is 16.4. The normalized spacial score (nSPS) is 12.3. The van der Waals surface area contributed by atoms with Crippen LogP contribution in [0.25, 0.3) is 10.8 Å². The lowest BCUT2D eigenvalue weighted by Gasteiger charge is -2.24. The number of aliphatic imine (C=N–C) groups is 2. The predicted octanol–water partition coefficient (Wildman–Crippen LogP) is 9.08. The van der Waals surface area contributed by atoms with Gasteiger partial charge in [-0.15, -0.1) is 0 Å². The summed E-state index contributed by atoms with van der Waals surface area (Å²) in [5.74, 6) is 0. The van der Waals surface area contributed by atoms with Crippen molar-refractivity contribution in [2.45, 2.75) is 39.8 Å². The lowest BCUT2D eigenvalue weighted by atomic mass is 10.1. The van der Waals surface area contributed by atoms with Gasteiger partial charge in [-0.25, -0.2) is 9.98 Å². The zero-order valence-electron chi connectivity index (χ0n) is 28.0. The largest absolute Gasteiger partial charge is 0.367 e. The number of hydrogen-bond acceptors (Lipinski definition) is 2. The highest BCUT2D eigenvalue weighted by molar-refractivity contribution is 7.88. The molecular weight excluding hydrogens is 622 g/mol. The zero-order valence-corrected chi connectivity index (χ0v) is 29.7. The number of rotatable bonds is 10. The molecule has 0 atom stereocenters. The second-order valence-electron chi connectivity index (χ2n) is 12.2. The Labute approximate surface area is 287 Å². The van der Waals surface area contributed by atoms with Crippen LogP contribution in [0.15, 0.2) is 168 Å². The molecule has 0 aliphatic carbocycles. The van der Waals surface area contributed by atoms with E-state index in [9.17, 15) is 0 Å². The van der Waals surface area contributed by atoms with Crippen molar-refractivity contribution in [3.05, 3.63) is 158 Å². The van der Waals surface area contributed by atoms with E-state index in [1.165, 1.54) is 21.2 Å². The average molecular weight is 665 g/mol. The SMILES string of the molecule is CC(C)N/C(=N/c1ccc2cccc(/N=C(\NC(C)C)P(c3ccccc3)c3ccccc3)c2c1)P(c1ccccc1)c1ccccc1. The van der Waals surface area contributed by atoms with Crippen molar-refractivity contribution in [2.75, 3.05) is 0 Å². The molecule has 4 nitrogen and oxygen atoms in total. The number of amidine groups is 2. The van der Waals surface area contributed by atoms with Gasteiger partial charge in [0.1, 0.15) is 11.2 Å². The number of nitrogens with one attached hydrogen (secondary N) is 2. The first-order valence-corrected chi connectivity index (χ1v) is 19.2. The van der Waals surface area contributed by atoms with Crippen LogP contribution in [0.4, 0.5) is 11.4 Å². The van der Waals surface area contributed by atoms with Crippen molar-refractivity contribution in [3.63, 3.8) is 0 Å². The minimum absolute atomic E-state index is 0.219. The summed E-state index contributed by atoms with van der Waals surface area (Å²) in [4.78, 5) is 10.8. The quantitative estimate of drug-likeness (QED) is 0.0872. The molecule has 0 aromatic heterocycles. The summed E-state index contributed by atoms with van der Waals surface area (Å²) >= 11 is 0. The molecule has 6 aromatic carbocycles. The van der Waals surface area contributed by atoms with Gasteiger partial charge in [-0.3, -0.25) is 0 Å². The molecule has 0 saturated heterocycles. The fraction of sp³-hybridized carbons (Fsp3) is 0.143. The van der Waals surface area contributed by atoms with Crippen molar-refractivity contribution in [1.82, 2.24) is 10.6 Å². The van der Waals surface area contributed by atoms with Gasteiger partial charge in [0.25, 0.3) is 0 Å². The van der Waals surface area contributed by atoms with E-state index in [0.717, 1.165) is 33.3 Å². The predicted molar refractivity (Wildman–Crippen MR) is 213 cm³/mol. The van der Waals surface area contributed by atoms with Crippen LogP contribution in [-0.4, -0.2) is 23.2 Å². The number of fused-ring (bicyclic) bond motifs is 1. The maximum atomic E-state index is 5.45.